The number of benzene rings is 9. The molecule has 0 aliphatic rings. The van der Waals surface area contributed by atoms with Crippen molar-refractivity contribution in [3.05, 3.63) is 182 Å². The van der Waals surface area contributed by atoms with E-state index in [-0.39, 0.29) is 0 Å². The molecule has 0 bridgehead atoms. The maximum atomic E-state index is 5.59. The van der Waals surface area contributed by atoms with E-state index < -0.39 is 0 Å². The van der Waals surface area contributed by atoms with E-state index in [1.807, 2.05) is 6.07 Å². The zero-order chi connectivity index (χ0) is 35.3. The molecule has 9 aromatic carbocycles. The van der Waals surface area contributed by atoms with Gasteiger partial charge in [0.05, 0.1) is 33.1 Å². The molecule has 0 saturated carbocycles. The van der Waals surface area contributed by atoms with Crippen molar-refractivity contribution in [2.45, 2.75) is 0 Å². The molecule has 0 aliphatic carbocycles. The van der Waals surface area contributed by atoms with Gasteiger partial charge in [-0.2, -0.15) is 0 Å². The summed E-state index contributed by atoms with van der Waals surface area (Å²) >= 11 is 0. The summed E-state index contributed by atoms with van der Waals surface area (Å²) in [4.78, 5) is 11.1. The van der Waals surface area contributed by atoms with Crippen LogP contribution in [0.3, 0.4) is 0 Å². The van der Waals surface area contributed by atoms with Crippen LogP contribution in [-0.2, 0) is 0 Å². The molecule has 0 fully saturated rings. The second kappa shape index (κ2) is 11.1. The molecule has 0 unspecified atom stereocenters. The van der Waals surface area contributed by atoms with Gasteiger partial charge in [-0.05, 0) is 75.5 Å². The average Bonchev–Trinajstić information content (AvgIpc) is 3.74. The van der Waals surface area contributed by atoms with Crippen LogP contribution < -0.4 is 0 Å². The maximum Gasteiger partial charge on any atom is 0.165 e. The van der Waals surface area contributed by atoms with Gasteiger partial charge in [0.25, 0.3) is 0 Å². The molecule has 0 atom stereocenters. The van der Waals surface area contributed by atoms with Crippen LogP contribution >= 0.6 is 0 Å². The first-order valence-corrected chi connectivity index (χ1v) is 18.4. The minimum Gasteiger partial charge on any atom is -0.309 e. The summed E-state index contributed by atoms with van der Waals surface area (Å²) in [6.07, 6.45) is 0. The number of rotatable bonds is 3. The minimum absolute atomic E-state index is 0.812. The van der Waals surface area contributed by atoms with Crippen LogP contribution in [0.15, 0.2) is 182 Å². The Bertz CT molecular complexity index is 3500. The standard InChI is InChI=1S/C50H30N4/c1-2-16-33(17-3-1)53-45-25-13-10-22-38(45)40-29-41-39-27-26-31-14-4-7-19-35(31)49(39)54(47(41)30-46(40)53)50-48(51-43-23-11-12-24-44(43)52-50)42-28-32-15-5-6-18-34(32)36-20-8-9-21-37(36)42/h1-30H. The molecule has 54 heavy (non-hydrogen) atoms. The van der Waals surface area contributed by atoms with E-state index in [0.717, 1.165) is 55.7 Å². The highest BCUT2D eigenvalue weighted by molar-refractivity contribution is 6.24. The fraction of sp³-hybridized carbons (Fsp3) is 0. The number of aromatic nitrogens is 4. The Hall–Kier alpha value is -7.30. The molecule has 4 nitrogen and oxygen atoms in total. The van der Waals surface area contributed by atoms with Crippen molar-refractivity contribution in [3.8, 4) is 22.8 Å². The number of hydrogen-bond donors (Lipinski definition) is 0. The molecule has 4 heteroatoms. The molecule has 0 N–H and O–H groups in total. The third kappa shape index (κ3) is 4.08. The lowest BCUT2D eigenvalue weighted by Crippen LogP contribution is -2.04. The highest BCUT2D eigenvalue weighted by Gasteiger charge is 2.24. The van der Waals surface area contributed by atoms with Gasteiger partial charge in [0.2, 0.25) is 0 Å². The minimum atomic E-state index is 0.812. The molecule has 0 saturated heterocycles. The second-order valence-electron chi connectivity index (χ2n) is 14.2. The molecule has 0 aliphatic heterocycles. The fourth-order valence-corrected chi connectivity index (χ4v) is 8.89. The molecular weight excluding hydrogens is 657 g/mol. The maximum absolute atomic E-state index is 5.59. The molecule has 3 heterocycles. The molecule has 250 valence electrons. The zero-order valence-corrected chi connectivity index (χ0v) is 29.1. The van der Waals surface area contributed by atoms with Gasteiger partial charge in [0.1, 0.15) is 5.69 Å². The summed E-state index contributed by atoms with van der Waals surface area (Å²) in [6.45, 7) is 0. The lowest BCUT2D eigenvalue weighted by atomic mass is 9.95. The van der Waals surface area contributed by atoms with Crippen molar-refractivity contribution >= 4 is 87.0 Å². The van der Waals surface area contributed by atoms with Gasteiger partial charge in [-0.25, -0.2) is 9.97 Å². The van der Waals surface area contributed by atoms with E-state index in [0.29, 0.717) is 0 Å². The molecule has 0 amide bonds. The topological polar surface area (TPSA) is 35.6 Å². The van der Waals surface area contributed by atoms with Crippen LogP contribution in [0.4, 0.5) is 0 Å². The van der Waals surface area contributed by atoms with Crippen molar-refractivity contribution in [2.75, 3.05) is 0 Å². The predicted octanol–water partition coefficient (Wildman–Crippen LogP) is 13.0. The number of hydrogen-bond acceptors (Lipinski definition) is 2. The Morgan fingerprint density at radius 1 is 0.333 bits per heavy atom. The Morgan fingerprint density at radius 3 is 1.78 bits per heavy atom. The Morgan fingerprint density at radius 2 is 0.944 bits per heavy atom. The Labute approximate surface area is 309 Å². The quantitative estimate of drug-likeness (QED) is 0.173. The number of fused-ring (bicyclic) bond motifs is 12. The van der Waals surface area contributed by atoms with Gasteiger partial charge in [-0.15, -0.1) is 0 Å². The smallest absolute Gasteiger partial charge is 0.165 e. The molecule has 0 radical (unpaired) electrons. The van der Waals surface area contributed by atoms with Gasteiger partial charge in [0, 0.05) is 38.2 Å². The van der Waals surface area contributed by atoms with E-state index in [2.05, 4.69) is 185 Å². The van der Waals surface area contributed by atoms with Crippen LogP contribution in [-0.4, -0.2) is 19.1 Å². The molecular formula is C50H30N4. The van der Waals surface area contributed by atoms with E-state index >= 15 is 0 Å². The van der Waals surface area contributed by atoms with Crippen molar-refractivity contribution < 1.29 is 0 Å². The zero-order valence-electron chi connectivity index (χ0n) is 29.1. The molecule has 12 rings (SSSR count). The Kier molecular flexibility index (Phi) is 6.02. The summed E-state index contributed by atoms with van der Waals surface area (Å²) in [5.74, 6) is 0.812. The lowest BCUT2D eigenvalue weighted by Gasteiger charge is -2.17. The van der Waals surface area contributed by atoms with E-state index in [1.54, 1.807) is 0 Å². The first-order chi connectivity index (χ1) is 26.8. The van der Waals surface area contributed by atoms with Gasteiger partial charge < -0.3 is 4.57 Å². The predicted molar refractivity (Wildman–Crippen MR) is 226 cm³/mol. The van der Waals surface area contributed by atoms with Gasteiger partial charge in [-0.3, -0.25) is 4.57 Å². The van der Waals surface area contributed by atoms with Crippen LogP contribution in [0.1, 0.15) is 0 Å². The lowest BCUT2D eigenvalue weighted by molar-refractivity contribution is 1.08. The highest BCUT2D eigenvalue weighted by atomic mass is 15.1. The third-order valence-corrected chi connectivity index (χ3v) is 11.2. The molecule has 12 aromatic rings. The monoisotopic (exact) mass is 686 g/mol. The van der Waals surface area contributed by atoms with Gasteiger partial charge in [0.15, 0.2) is 5.82 Å². The first kappa shape index (κ1) is 29.3. The highest BCUT2D eigenvalue weighted by Crippen LogP contribution is 2.44. The van der Waals surface area contributed by atoms with Gasteiger partial charge in [-0.1, -0.05) is 133 Å². The van der Waals surface area contributed by atoms with E-state index in [9.17, 15) is 0 Å². The Balaban J connectivity index is 1.31. The fourth-order valence-electron chi connectivity index (χ4n) is 8.89. The molecule has 0 spiro atoms. The van der Waals surface area contributed by atoms with Crippen molar-refractivity contribution in [3.63, 3.8) is 0 Å². The summed E-state index contributed by atoms with van der Waals surface area (Å²) in [5.41, 5.74) is 9.31. The summed E-state index contributed by atoms with van der Waals surface area (Å²) < 4.78 is 4.80. The van der Waals surface area contributed by atoms with Crippen LogP contribution in [0.25, 0.3) is 110 Å². The van der Waals surface area contributed by atoms with Gasteiger partial charge >= 0.3 is 0 Å². The van der Waals surface area contributed by atoms with E-state index in [1.165, 1.54) is 54.0 Å². The number of nitrogens with zero attached hydrogens (tertiary/aromatic N) is 4. The second-order valence-corrected chi connectivity index (χ2v) is 14.2. The van der Waals surface area contributed by atoms with Crippen LogP contribution in [0.5, 0.6) is 0 Å². The summed E-state index contributed by atoms with van der Waals surface area (Å²) in [5, 5.41) is 11.9. The first-order valence-electron chi connectivity index (χ1n) is 18.4. The number of para-hydroxylation sites is 4. The van der Waals surface area contributed by atoms with Crippen LogP contribution in [0, 0.1) is 0 Å². The van der Waals surface area contributed by atoms with Crippen LogP contribution in [0.2, 0.25) is 0 Å². The van der Waals surface area contributed by atoms with Crippen molar-refractivity contribution in [1.82, 2.24) is 19.1 Å². The summed E-state index contributed by atoms with van der Waals surface area (Å²) in [6, 6.07) is 65.4. The largest absolute Gasteiger partial charge is 0.309 e. The molecule has 3 aromatic heterocycles. The SMILES string of the molecule is c1ccc(-n2c3ccccc3c3cc4c5ccc6ccccc6c5n(-c5nc6ccccc6nc5-c5cc6ccccc6c6ccccc56)c4cc32)cc1. The third-order valence-electron chi connectivity index (χ3n) is 11.2. The summed E-state index contributed by atoms with van der Waals surface area (Å²) in [7, 11) is 0. The average molecular weight is 687 g/mol. The van der Waals surface area contributed by atoms with E-state index in [4.69, 9.17) is 9.97 Å². The van der Waals surface area contributed by atoms with Crippen molar-refractivity contribution in [1.29, 1.82) is 0 Å². The normalized spacial score (nSPS) is 12.1. The van der Waals surface area contributed by atoms with Crippen molar-refractivity contribution in [2.24, 2.45) is 0 Å².